The zero-order chi connectivity index (χ0) is 23.2. The number of benzene rings is 3. The molecule has 0 spiro atoms. The first kappa shape index (κ1) is 20.0. The summed E-state index contributed by atoms with van der Waals surface area (Å²) in [7, 11) is 0. The Bertz CT molecular complexity index is 1840. The highest BCUT2D eigenvalue weighted by atomic mass is 32.1. The average molecular weight is 466 g/mol. The minimum absolute atomic E-state index is 0.874. The monoisotopic (exact) mass is 465 g/mol. The zero-order valence-corrected chi connectivity index (χ0v) is 19.5. The fourth-order valence-electron chi connectivity index (χ4n) is 4.68. The molecule has 3 aromatic carbocycles. The molecule has 0 radical (unpaired) electrons. The molecule has 0 aliphatic heterocycles. The van der Waals surface area contributed by atoms with Crippen molar-refractivity contribution in [1.29, 1.82) is 0 Å². The van der Waals surface area contributed by atoms with Crippen molar-refractivity contribution >= 4 is 42.5 Å². The van der Waals surface area contributed by atoms with Gasteiger partial charge in [0.1, 0.15) is 0 Å². The van der Waals surface area contributed by atoms with E-state index in [4.69, 9.17) is 9.97 Å². The molecule has 7 aromatic rings. The summed E-state index contributed by atoms with van der Waals surface area (Å²) >= 11 is 1.82. The van der Waals surface area contributed by atoms with Crippen molar-refractivity contribution in [3.63, 3.8) is 0 Å². The number of nitrogens with zero attached hydrogens (tertiary/aromatic N) is 3. The van der Waals surface area contributed by atoms with Gasteiger partial charge in [-0.25, -0.2) is 9.97 Å². The maximum absolute atomic E-state index is 5.05. The Labute approximate surface area is 206 Å². The molecular weight excluding hydrogens is 446 g/mol. The SMILES string of the molecule is c1ccc(-c2cccc(-c3ccc(-c4c5ccccc5nc5c4sc4ccccc45)cc3)n2)nc1. The summed E-state index contributed by atoms with van der Waals surface area (Å²) in [6.07, 6.45) is 1.80. The number of rotatable bonds is 3. The van der Waals surface area contributed by atoms with Crippen LogP contribution in [-0.4, -0.2) is 15.0 Å². The van der Waals surface area contributed by atoms with Crippen LogP contribution in [0.25, 0.3) is 65.0 Å². The van der Waals surface area contributed by atoms with Gasteiger partial charge in [0.25, 0.3) is 0 Å². The Balaban J connectivity index is 1.39. The highest BCUT2D eigenvalue weighted by Gasteiger charge is 2.16. The quantitative estimate of drug-likeness (QED) is 0.263. The van der Waals surface area contributed by atoms with E-state index in [0.29, 0.717) is 0 Å². The maximum Gasteiger partial charge on any atom is 0.0902 e. The molecule has 7 rings (SSSR count). The number of hydrogen-bond acceptors (Lipinski definition) is 4. The molecule has 4 heteroatoms. The number of fused-ring (bicyclic) bond motifs is 4. The molecule has 0 saturated heterocycles. The Morgan fingerprint density at radius 1 is 0.514 bits per heavy atom. The van der Waals surface area contributed by atoms with E-state index in [-0.39, 0.29) is 0 Å². The van der Waals surface area contributed by atoms with Crippen LogP contribution in [0.15, 0.2) is 115 Å². The second-order valence-electron chi connectivity index (χ2n) is 8.48. The van der Waals surface area contributed by atoms with Crippen LogP contribution >= 0.6 is 11.3 Å². The van der Waals surface area contributed by atoms with Crippen LogP contribution in [0.3, 0.4) is 0 Å². The topological polar surface area (TPSA) is 38.7 Å². The van der Waals surface area contributed by atoms with Crippen LogP contribution in [0.5, 0.6) is 0 Å². The fraction of sp³-hybridized carbons (Fsp3) is 0. The molecule has 164 valence electrons. The second kappa shape index (κ2) is 8.12. The number of pyridine rings is 3. The van der Waals surface area contributed by atoms with Crippen LogP contribution in [0.2, 0.25) is 0 Å². The summed E-state index contributed by atoms with van der Waals surface area (Å²) in [4.78, 5) is 14.4. The third-order valence-electron chi connectivity index (χ3n) is 6.35. The summed E-state index contributed by atoms with van der Waals surface area (Å²) in [5, 5.41) is 2.39. The third-order valence-corrected chi connectivity index (χ3v) is 7.53. The molecule has 0 N–H and O–H groups in total. The molecule has 0 aliphatic rings. The van der Waals surface area contributed by atoms with E-state index in [1.54, 1.807) is 6.20 Å². The van der Waals surface area contributed by atoms with E-state index in [1.807, 2.05) is 47.7 Å². The number of thiophene rings is 1. The molecule has 3 nitrogen and oxygen atoms in total. The first-order valence-corrected chi connectivity index (χ1v) is 12.4. The van der Waals surface area contributed by atoms with Gasteiger partial charge in [-0.3, -0.25) is 4.98 Å². The number of aromatic nitrogens is 3. The van der Waals surface area contributed by atoms with Crippen LogP contribution in [0.4, 0.5) is 0 Å². The molecule has 35 heavy (non-hydrogen) atoms. The zero-order valence-electron chi connectivity index (χ0n) is 18.7. The van der Waals surface area contributed by atoms with Gasteiger partial charge in [-0.15, -0.1) is 11.3 Å². The predicted molar refractivity (Wildman–Crippen MR) is 147 cm³/mol. The summed E-state index contributed by atoms with van der Waals surface area (Å²) in [5.74, 6) is 0. The lowest BCUT2D eigenvalue weighted by atomic mass is 9.98. The Morgan fingerprint density at radius 2 is 1.23 bits per heavy atom. The summed E-state index contributed by atoms with van der Waals surface area (Å²) < 4.78 is 2.49. The molecular formula is C31H19N3S. The third kappa shape index (κ3) is 3.38. The molecule has 0 aliphatic carbocycles. The molecule has 0 atom stereocenters. The first-order valence-electron chi connectivity index (χ1n) is 11.5. The molecule has 0 saturated carbocycles. The van der Waals surface area contributed by atoms with Gasteiger partial charge in [0.2, 0.25) is 0 Å². The summed E-state index contributed by atoms with van der Waals surface area (Å²) in [6, 6.07) is 37.7. The van der Waals surface area contributed by atoms with Gasteiger partial charge in [-0.1, -0.05) is 72.8 Å². The Morgan fingerprint density at radius 3 is 2.09 bits per heavy atom. The van der Waals surface area contributed by atoms with Crippen LogP contribution in [0.1, 0.15) is 0 Å². The van der Waals surface area contributed by atoms with E-state index in [0.717, 1.165) is 33.7 Å². The fourth-order valence-corrected chi connectivity index (χ4v) is 5.91. The minimum Gasteiger partial charge on any atom is -0.255 e. The molecule has 4 heterocycles. The van der Waals surface area contributed by atoms with Crippen LogP contribution < -0.4 is 0 Å². The second-order valence-corrected chi connectivity index (χ2v) is 9.53. The van der Waals surface area contributed by atoms with Gasteiger partial charge in [0.05, 0.1) is 32.8 Å². The average Bonchev–Trinajstić information content (AvgIpc) is 3.30. The van der Waals surface area contributed by atoms with Crippen molar-refractivity contribution in [3.05, 3.63) is 115 Å². The lowest BCUT2D eigenvalue weighted by Crippen LogP contribution is -1.90. The minimum atomic E-state index is 0.874. The van der Waals surface area contributed by atoms with E-state index < -0.39 is 0 Å². The van der Waals surface area contributed by atoms with Gasteiger partial charge in [-0.05, 0) is 42.0 Å². The largest absolute Gasteiger partial charge is 0.255 e. The van der Waals surface area contributed by atoms with E-state index >= 15 is 0 Å². The number of hydrogen-bond donors (Lipinski definition) is 0. The standard InChI is InChI=1S/C31H19N3S/c1-3-10-25-22(8-1)29(31-30(34-25)23-9-2-4-14-28(23)35-31)21-17-15-20(16-18-21)24-12-7-13-27(33-24)26-11-5-6-19-32-26/h1-19H. The molecule has 0 bridgehead atoms. The van der Waals surface area contributed by atoms with Gasteiger partial charge < -0.3 is 0 Å². The van der Waals surface area contributed by atoms with Crippen molar-refractivity contribution in [2.45, 2.75) is 0 Å². The van der Waals surface area contributed by atoms with Crippen molar-refractivity contribution in [1.82, 2.24) is 15.0 Å². The van der Waals surface area contributed by atoms with Gasteiger partial charge in [0, 0.05) is 32.8 Å². The van der Waals surface area contributed by atoms with Gasteiger partial charge in [0.15, 0.2) is 0 Å². The Hall–Kier alpha value is -4.41. The normalized spacial score (nSPS) is 11.4. The molecule has 4 aromatic heterocycles. The first-order chi connectivity index (χ1) is 17.3. The highest BCUT2D eigenvalue weighted by molar-refractivity contribution is 7.26. The molecule has 0 unspecified atom stereocenters. The number of para-hydroxylation sites is 1. The van der Waals surface area contributed by atoms with Crippen LogP contribution in [-0.2, 0) is 0 Å². The maximum atomic E-state index is 5.05. The smallest absolute Gasteiger partial charge is 0.0902 e. The van der Waals surface area contributed by atoms with E-state index in [2.05, 4.69) is 77.8 Å². The van der Waals surface area contributed by atoms with Crippen molar-refractivity contribution < 1.29 is 0 Å². The molecule has 0 amide bonds. The Kier molecular flexibility index (Phi) is 4.64. The highest BCUT2D eigenvalue weighted by Crippen LogP contribution is 2.42. The molecule has 0 fully saturated rings. The van der Waals surface area contributed by atoms with Crippen LogP contribution in [0, 0.1) is 0 Å². The summed E-state index contributed by atoms with van der Waals surface area (Å²) in [6.45, 7) is 0. The van der Waals surface area contributed by atoms with Crippen molar-refractivity contribution in [2.24, 2.45) is 0 Å². The van der Waals surface area contributed by atoms with Gasteiger partial charge >= 0.3 is 0 Å². The lowest BCUT2D eigenvalue weighted by molar-refractivity contribution is 1.25. The predicted octanol–water partition coefficient (Wildman–Crippen LogP) is 8.39. The van der Waals surface area contributed by atoms with E-state index in [1.165, 1.54) is 31.3 Å². The lowest BCUT2D eigenvalue weighted by Gasteiger charge is -2.10. The van der Waals surface area contributed by atoms with Crippen molar-refractivity contribution in [2.75, 3.05) is 0 Å². The van der Waals surface area contributed by atoms with Crippen molar-refractivity contribution in [3.8, 4) is 33.8 Å². The van der Waals surface area contributed by atoms with E-state index in [9.17, 15) is 0 Å². The van der Waals surface area contributed by atoms with Gasteiger partial charge in [-0.2, -0.15) is 0 Å². The summed E-state index contributed by atoms with van der Waals surface area (Å²) in [5.41, 5.74) is 8.29.